The number of rotatable bonds is 4. The quantitative estimate of drug-likeness (QED) is 0.670. The number of fused-ring (bicyclic) bond motifs is 1. The fraction of sp³-hybridized carbons (Fsp3) is 0.188. The minimum Gasteiger partial charge on any atom is -0.297 e. The minimum atomic E-state index is -0.225. The molecule has 0 aliphatic heterocycles. The van der Waals surface area contributed by atoms with Crippen molar-refractivity contribution >= 4 is 61.5 Å². The number of nitrogens with one attached hydrogen (secondary N) is 1. The molecule has 0 atom stereocenters. The normalized spacial score (nSPS) is 14.7. The SMILES string of the molecule is O=C(C=Cc1sc2ccccc2c1Cl)Nc1nnc(C2CC2)s1. The van der Waals surface area contributed by atoms with Gasteiger partial charge in [0, 0.05) is 27.0 Å². The third-order valence-corrected chi connectivity index (χ3v) is 6.20. The lowest BCUT2D eigenvalue weighted by molar-refractivity contribution is -0.111. The molecule has 0 radical (unpaired) electrons. The molecular formula is C16H12ClN3OS2. The summed E-state index contributed by atoms with van der Waals surface area (Å²) in [6, 6.07) is 7.92. The maximum atomic E-state index is 12.0. The van der Waals surface area contributed by atoms with Crippen LogP contribution in [0.15, 0.2) is 30.3 Å². The van der Waals surface area contributed by atoms with Gasteiger partial charge < -0.3 is 0 Å². The van der Waals surface area contributed by atoms with Gasteiger partial charge in [-0.25, -0.2) is 0 Å². The molecule has 1 aliphatic rings. The predicted molar refractivity (Wildman–Crippen MR) is 96.4 cm³/mol. The van der Waals surface area contributed by atoms with Crippen molar-refractivity contribution < 1.29 is 4.79 Å². The van der Waals surface area contributed by atoms with E-state index < -0.39 is 0 Å². The molecule has 0 saturated heterocycles. The van der Waals surface area contributed by atoms with E-state index in [0.29, 0.717) is 16.1 Å². The predicted octanol–water partition coefficient (Wildman–Crippen LogP) is 4.94. The van der Waals surface area contributed by atoms with E-state index in [1.807, 2.05) is 24.3 Å². The fourth-order valence-electron chi connectivity index (χ4n) is 2.22. The van der Waals surface area contributed by atoms with E-state index in [4.69, 9.17) is 11.6 Å². The van der Waals surface area contributed by atoms with E-state index in [1.165, 1.54) is 30.3 Å². The fourth-order valence-corrected chi connectivity index (χ4v) is 4.53. The smallest absolute Gasteiger partial charge is 0.250 e. The van der Waals surface area contributed by atoms with Crippen molar-refractivity contribution in [3.05, 3.63) is 45.2 Å². The van der Waals surface area contributed by atoms with Gasteiger partial charge in [-0.1, -0.05) is 41.1 Å². The Morgan fingerprint density at radius 3 is 2.87 bits per heavy atom. The Labute approximate surface area is 145 Å². The highest BCUT2D eigenvalue weighted by Crippen LogP contribution is 2.42. The summed E-state index contributed by atoms with van der Waals surface area (Å²) in [5.74, 6) is 0.322. The number of benzene rings is 1. The molecule has 116 valence electrons. The topological polar surface area (TPSA) is 54.9 Å². The second kappa shape index (κ2) is 6.03. The molecule has 1 aliphatic carbocycles. The Morgan fingerprint density at radius 1 is 1.26 bits per heavy atom. The highest BCUT2D eigenvalue weighted by molar-refractivity contribution is 7.20. The number of amides is 1. The first-order valence-electron chi connectivity index (χ1n) is 7.20. The lowest BCUT2D eigenvalue weighted by Crippen LogP contribution is -2.07. The number of aromatic nitrogens is 2. The van der Waals surface area contributed by atoms with Gasteiger partial charge >= 0.3 is 0 Å². The van der Waals surface area contributed by atoms with Crippen LogP contribution in [0.5, 0.6) is 0 Å². The molecule has 0 bridgehead atoms. The molecule has 0 unspecified atom stereocenters. The zero-order chi connectivity index (χ0) is 15.8. The molecule has 1 N–H and O–H groups in total. The largest absolute Gasteiger partial charge is 0.297 e. The van der Waals surface area contributed by atoms with Crippen molar-refractivity contribution in [3.63, 3.8) is 0 Å². The van der Waals surface area contributed by atoms with Crippen LogP contribution in [-0.4, -0.2) is 16.1 Å². The number of hydrogen-bond donors (Lipinski definition) is 1. The summed E-state index contributed by atoms with van der Waals surface area (Å²) in [5, 5.41) is 14.1. The summed E-state index contributed by atoms with van der Waals surface area (Å²) in [4.78, 5) is 12.9. The minimum absolute atomic E-state index is 0.225. The van der Waals surface area contributed by atoms with Crippen LogP contribution in [0.4, 0.5) is 5.13 Å². The van der Waals surface area contributed by atoms with Crippen LogP contribution in [0.2, 0.25) is 5.02 Å². The molecule has 2 heterocycles. The number of carbonyl (C=O) groups is 1. The lowest BCUT2D eigenvalue weighted by atomic mass is 10.2. The van der Waals surface area contributed by atoms with Crippen LogP contribution in [0.3, 0.4) is 0 Å². The van der Waals surface area contributed by atoms with Crippen molar-refractivity contribution in [2.75, 3.05) is 5.32 Å². The maximum absolute atomic E-state index is 12.0. The van der Waals surface area contributed by atoms with Crippen LogP contribution >= 0.6 is 34.3 Å². The first kappa shape index (κ1) is 14.8. The average Bonchev–Trinajstić information content (AvgIpc) is 3.22. The van der Waals surface area contributed by atoms with Crippen molar-refractivity contribution in [3.8, 4) is 0 Å². The summed E-state index contributed by atoms with van der Waals surface area (Å²) in [6.45, 7) is 0. The molecule has 1 amide bonds. The summed E-state index contributed by atoms with van der Waals surface area (Å²) in [7, 11) is 0. The Bertz CT molecular complexity index is 911. The lowest BCUT2D eigenvalue weighted by Gasteiger charge is -1.94. The van der Waals surface area contributed by atoms with Crippen molar-refractivity contribution in [1.82, 2.24) is 10.2 Å². The number of nitrogens with zero attached hydrogens (tertiary/aromatic N) is 2. The third kappa shape index (κ3) is 3.15. The number of carbonyl (C=O) groups excluding carboxylic acids is 1. The number of thiophene rings is 1. The molecule has 1 aromatic carbocycles. The van der Waals surface area contributed by atoms with Gasteiger partial charge in [0.1, 0.15) is 5.01 Å². The number of halogens is 1. The first-order valence-corrected chi connectivity index (χ1v) is 9.21. The Hall–Kier alpha value is -1.76. The van der Waals surface area contributed by atoms with E-state index in [2.05, 4.69) is 15.5 Å². The van der Waals surface area contributed by atoms with Crippen LogP contribution < -0.4 is 5.32 Å². The molecule has 2 aromatic heterocycles. The summed E-state index contributed by atoms with van der Waals surface area (Å²) >= 11 is 9.37. The monoisotopic (exact) mass is 361 g/mol. The van der Waals surface area contributed by atoms with E-state index in [9.17, 15) is 4.79 Å². The molecule has 4 nitrogen and oxygen atoms in total. The van der Waals surface area contributed by atoms with Crippen molar-refractivity contribution in [1.29, 1.82) is 0 Å². The maximum Gasteiger partial charge on any atom is 0.250 e. The van der Waals surface area contributed by atoms with Crippen molar-refractivity contribution in [2.45, 2.75) is 18.8 Å². The molecule has 1 saturated carbocycles. The van der Waals surface area contributed by atoms with Crippen LogP contribution in [-0.2, 0) is 4.79 Å². The highest BCUT2D eigenvalue weighted by Gasteiger charge is 2.27. The van der Waals surface area contributed by atoms with Gasteiger partial charge in [-0.2, -0.15) is 0 Å². The molecule has 4 rings (SSSR count). The van der Waals surface area contributed by atoms with E-state index in [0.717, 1.165) is 20.0 Å². The summed E-state index contributed by atoms with van der Waals surface area (Å²) in [6.07, 6.45) is 5.57. The van der Waals surface area contributed by atoms with Crippen LogP contribution in [0, 0.1) is 0 Å². The zero-order valence-electron chi connectivity index (χ0n) is 12.0. The van der Waals surface area contributed by atoms with Gasteiger partial charge in [-0.05, 0) is 25.0 Å². The van der Waals surface area contributed by atoms with Gasteiger partial charge in [0.15, 0.2) is 0 Å². The second-order valence-corrected chi connectivity index (χ2v) is 7.79. The molecule has 3 aromatic rings. The second-order valence-electron chi connectivity index (χ2n) is 5.32. The standard InChI is InChI=1S/C16H12ClN3OS2/c17-14-10-3-1-2-4-11(10)22-12(14)7-8-13(21)18-16-20-19-15(23-16)9-5-6-9/h1-4,7-9H,5-6H2,(H,18,20,21). The third-order valence-electron chi connectivity index (χ3n) is 3.54. The Morgan fingerprint density at radius 2 is 2.09 bits per heavy atom. The molecule has 1 fully saturated rings. The first-order chi connectivity index (χ1) is 11.2. The summed E-state index contributed by atoms with van der Waals surface area (Å²) < 4.78 is 1.11. The molecule has 7 heteroatoms. The molecular weight excluding hydrogens is 350 g/mol. The Kier molecular flexibility index (Phi) is 3.88. The number of anilines is 1. The van der Waals surface area contributed by atoms with Gasteiger partial charge in [0.05, 0.1) is 5.02 Å². The Balaban J connectivity index is 1.48. The number of hydrogen-bond acceptors (Lipinski definition) is 5. The summed E-state index contributed by atoms with van der Waals surface area (Å²) in [5.41, 5.74) is 0. The van der Waals surface area contributed by atoms with Gasteiger partial charge in [0.2, 0.25) is 11.0 Å². The molecule has 23 heavy (non-hydrogen) atoms. The van der Waals surface area contributed by atoms with E-state index in [1.54, 1.807) is 17.4 Å². The van der Waals surface area contributed by atoms with Crippen LogP contribution in [0.1, 0.15) is 28.6 Å². The van der Waals surface area contributed by atoms with Gasteiger partial charge in [-0.3, -0.25) is 10.1 Å². The molecule has 0 spiro atoms. The van der Waals surface area contributed by atoms with E-state index >= 15 is 0 Å². The average molecular weight is 362 g/mol. The zero-order valence-corrected chi connectivity index (χ0v) is 14.3. The van der Waals surface area contributed by atoms with Crippen LogP contribution in [0.25, 0.3) is 16.2 Å². The van der Waals surface area contributed by atoms with Crippen molar-refractivity contribution in [2.24, 2.45) is 0 Å². The van der Waals surface area contributed by atoms with Gasteiger partial charge in [-0.15, -0.1) is 21.5 Å². The highest BCUT2D eigenvalue weighted by atomic mass is 35.5. The van der Waals surface area contributed by atoms with E-state index in [-0.39, 0.29) is 5.91 Å². The van der Waals surface area contributed by atoms with Gasteiger partial charge in [0.25, 0.3) is 0 Å².